The van der Waals surface area contributed by atoms with Gasteiger partial charge in [-0.2, -0.15) is 0 Å². The monoisotopic (exact) mass is 392 g/mol. The Kier molecular flexibility index (Phi) is 8.23. The van der Waals surface area contributed by atoms with Crippen LogP contribution in [0.4, 0.5) is 0 Å². The van der Waals surface area contributed by atoms with E-state index in [0.29, 0.717) is 0 Å². The summed E-state index contributed by atoms with van der Waals surface area (Å²) in [6, 6.07) is 5.96. The second-order valence-electron chi connectivity index (χ2n) is 8.18. The quantitative estimate of drug-likeness (QED) is 0.546. The maximum atomic E-state index is 6.25. The first-order valence-electron chi connectivity index (χ1n) is 10.8. The van der Waals surface area contributed by atoms with Crippen molar-refractivity contribution in [3.63, 3.8) is 0 Å². The normalized spacial score (nSPS) is 28.5. The molecule has 6 heteroatoms. The van der Waals surface area contributed by atoms with Crippen molar-refractivity contribution in [3.8, 4) is 0 Å². The van der Waals surface area contributed by atoms with Crippen LogP contribution in [0.25, 0.3) is 0 Å². The Morgan fingerprint density at radius 2 is 2.00 bits per heavy atom. The standard InChI is InChI=1S/C22H36N2O4/c1-4-5-6-7-10-15-25-19-18(26-21-20(19)27-22(2,3)28-21)12-14-23-16-17-11-8-9-13-24-17/h8-9,11,13,18-21,23H,4-7,10,12,14-16H2,1-3H3/t18-,19+,20-,21-/m1/s1. The third kappa shape index (κ3) is 6.22. The van der Waals surface area contributed by atoms with E-state index < -0.39 is 5.79 Å². The summed E-state index contributed by atoms with van der Waals surface area (Å²) < 4.78 is 24.4. The maximum Gasteiger partial charge on any atom is 0.190 e. The van der Waals surface area contributed by atoms with Gasteiger partial charge in [0.2, 0.25) is 0 Å². The van der Waals surface area contributed by atoms with Gasteiger partial charge in [0.25, 0.3) is 0 Å². The van der Waals surface area contributed by atoms with Crippen molar-refractivity contribution in [3.05, 3.63) is 30.1 Å². The van der Waals surface area contributed by atoms with Gasteiger partial charge in [-0.1, -0.05) is 38.7 Å². The molecule has 2 fully saturated rings. The number of hydrogen-bond donors (Lipinski definition) is 1. The van der Waals surface area contributed by atoms with Crippen LogP contribution >= 0.6 is 0 Å². The SMILES string of the molecule is CCCCCCCO[C@@H]1[C@H]2OC(C)(C)O[C@H]2O[C@@H]1CCNCc1ccccn1. The van der Waals surface area contributed by atoms with Crippen LogP contribution in [-0.2, 0) is 25.5 Å². The number of rotatable bonds is 12. The first-order valence-corrected chi connectivity index (χ1v) is 10.8. The lowest BCUT2D eigenvalue weighted by Gasteiger charge is -2.26. The predicted octanol–water partition coefficient (Wildman–Crippen LogP) is 3.79. The van der Waals surface area contributed by atoms with Gasteiger partial charge in [-0.05, 0) is 45.4 Å². The Morgan fingerprint density at radius 3 is 2.79 bits per heavy atom. The number of unbranched alkanes of at least 4 members (excludes halogenated alkanes) is 4. The van der Waals surface area contributed by atoms with Gasteiger partial charge >= 0.3 is 0 Å². The van der Waals surface area contributed by atoms with Gasteiger partial charge < -0.3 is 24.3 Å². The van der Waals surface area contributed by atoms with Crippen molar-refractivity contribution < 1.29 is 18.9 Å². The summed E-state index contributed by atoms with van der Waals surface area (Å²) in [6.07, 6.45) is 8.24. The van der Waals surface area contributed by atoms with E-state index in [4.69, 9.17) is 18.9 Å². The molecule has 2 aliphatic rings. The Morgan fingerprint density at radius 1 is 1.14 bits per heavy atom. The van der Waals surface area contributed by atoms with Crippen molar-refractivity contribution in [1.29, 1.82) is 0 Å². The van der Waals surface area contributed by atoms with Gasteiger partial charge in [0.15, 0.2) is 12.1 Å². The zero-order valence-corrected chi connectivity index (χ0v) is 17.6. The molecule has 3 rings (SSSR count). The van der Waals surface area contributed by atoms with E-state index in [1.165, 1.54) is 25.7 Å². The fourth-order valence-corrected chi connectivity index (χ4v) is 3.87. The molecule has 0 aliphatic carbocycles. The second-order valence-corrected chi connectivity index (χ2v) is 8.18. The van der Waals surface area contributed by atoms with Crippen LogP contribution in [0.3, 0.4) is 0 Å². The molecule has 0 aromatic carbocycles. The van der Waals surface area contributed by atoms with Gasteiger partial charge in [0.05, 0.1) is 11.8 Å². The van der Waals surface area contributed by atoms with Crippen molar-refractivity contribution in [2.24, 2.45) is 0 Å². The summed E-state index contributed by atoms with van der Waals surface area (Å²) in [4.78, 5) is 4.34. The van der Waals surface area contributed by atoms with E-state index in [-0.39, 0.29) is 24.6 Å². The van der Waals surface area contributed by atoms with E-state index >= 15 is 0 Å². The van der Waals surface area contributed by atoms with Crippen LogP contribution in [0.2, 0.25) is 0 Å². The molecule has 0 amide bonds. The highest BCUT2D eigenvalue weighted by atomic mass is 16.8. The lowest BCUT2D eigenvalue weighted by Crippen LogP contribution is -2.38. The van der Waals surface area contributed by atoms with E-state index in [0.717, 1.165) is 38.2 Å². The fraction of sp³-hybridized carbons (Fsp3) is 0.773. The molecule has 0 saturated carbocycles. The van der Waals surface area contributed by atoms with Crippen LogP contribution < -0.4 is 5.32 Å². The van der Waals surface area contributed by atoms with Crippen molar-refractivity contribution in [1.82, 2.24) is 10.3 Å². The molecule has 1 aromatic heterocycles. The molecule has 2 aliphatic heterocycles. The molecule has 4 atom stereocenters. The Labute approximate surface area is 169 Å². The molecule has 28 heavy (non-hydrogen) atoms. The Balaban J connectivity index is 1.44. The molecule has 0 radical (unpaired) electrons. The molecule has 0 bridgehead atoms. The third-order valence-electron chi connectivity index (χ3n) is 5.28. The number of hydrogen-bond acceptors (Lipinski definition) is 6. The zero-order chi connectivity index (χ0) is 19.8. The molecule has 0 unspecified atom stereocenters. The highest BCUT2D eigenvalue weighted by Gasteiger charge is 2.55. The van der Waals surface area contributed by atoms with E-state index in [2.05, 4.69) is 17.2 Å². The largest absolute Gasteiger partial charge is 0.373 e. The number of ether oxygens (including phenoxy) is 4. The zero-order valence-electron chi connectivity index (χ0n) is 17.6. The minimum Gasteiger partial charge on any atom is -0.373 e. The van der Waals surface area contributed by atoms with Crippen molar-refractivity contribution >= 4 is 0 Å². The topological polar surface area (TPSA) is 61.8 Å². The van der Waals surface area contributed by atoms with Crippen LogP contribution in [0.15, 0.2) is 24.4 Å². The molecule has 3 heterocycles. The van der Waals surface area contributed by atoms with Gasteiger partial charge in [-0.15, -0.1) is 0 Å². The van der Waals surface area contributed by atoms with E-state index in [9.17, 15) is 0 Å². The first-order chi connectivity index (χ1) is 13.6. The number of pyridine rings is 1. The number of nitrogens with one attached hydrogen (secondary N) is 1. The molecular formula is C22H36N2O4. The summed E-state index contributed by atoms with van der Waals surface area (Å²) in [7, 11) is 0. The number of nitrogens with zero attached hydrogens (tertiary/aromatic N) is 1. The van der Waals surface area contributed by atoms with Gasteiger partial charge in [0, 0.05) is 19.3 Å². The van der Waals surface area contributed by atoms with E-state index in [1.807, 2.05) is 38.2 Å². The summed E-state index contributed by atoms with van der Waals surface area (Å²) in [6.45, 7) is 8.43. The van der Waals surface area contributed by atoms with Crippen LogP contribution in [0.1, 0.15) is 65.0 Å². The minimum absolute atomic E-state index is 0.0158. The molecule has 1 aromatic rings. The van der Waals surface area contributed by atoms with E-state index in [1.54, 1.807) is 0 Å². The Hall–Kier alpha value is -1.05. The second kappa shape index (κ2) is 10.6. The van der Waals surface area contributed by atoms with Crippen LogP contribution in [0, 0.1) is 0 Å². The van der Waals surface area contributed by atoms with Crippen molar-refractivity contribution in [2.45, 2.75) is 96.2 Å². The maximum absolute atomic E-state index is 6.25. The average Bonchev–Trinajstić information content (AvgIpc) is 3.14. The van der Waals surface area contributed by atoms with Crippen LogP contribution in [0.5, 0.6) is 0 Å². The smallest absolute Gasteiger partial charge is 0.190 e. The highest BCUT2D eigenvalue weighted by Crippen LogP contribution is 2.39. The molecular weight excluding hydrogens is 356 g/mol. The summed E-state index contributed by atoms with van der Waals surface area (Å²) in [5.74, 6) is -0.611. The van der Waals surface area contributed by atoms with Gasteiger partial charge in [-0.3, -0.25) is 4.98 Å². The van der Waals surface area contributed by atoms with Crippen LogP contribution in [-0.4, -0.2) is 48.5 Å². The number of fused-ring (bicyclic) bond motifs is 1. The molecule has 1 N–H and O–H groups in total. The average molecular weight is 393 g/mol. The highest BCUT2D eigenvalue weighted by molar-refractivity contribution is 5.03. The molecule has 2 saturated heterocycles. The van der Waals surface area contributed by atoms with Crippen molar-refractivity contribution in [2.75, 3.05) is 13.2 Å². The minimum atomic E-state index is -0.611. The lowest BCUT2D eigenvalue weighted by molar-refractivity contribution is -0.218. The fourth-order valence-electron chi connectivity index (χ4n) is 3.87. The molecule has 158 valence electrons. The first kappa shape index (κ1) is 21.7. The molecule has 0 spiro atoms. The summed E-state index contributed by atoms with van der Waals surface area (Å²) in [5.41, 5.74) is 1.04. The summed E-state index contributed by atoms with van der Waals surface area (Å²) in [5, 5.41) is 3.44. The summed E-state index contributed by atoms with van der Waals surface area (Å²) >= 11 is 0. The lowest BCUT2D eigenvalue weighted by atomic mass is 10.1. The predicted molar refractivity (Wildman–Crippen MR) is 108 cm³/mol. The third-order valence-corrected chi connectivity index (χ3v) is 5.28. The van der Waals surface area contributed by atoms with Gasteiger partial charge in [-0.25, -0.2) is 0 Å². The Bertz CT molecular complexity index is 569. The van der Waals surface area contributed by atoms with Gasteiger partial charge in [0.1, 0.15) is 12.2 Å². The number of aromatic nitrogens is 1. The molecule has 6 nitrogen and oxygen atoms in total.